The third kappa shape index (κ3) is 5.59. The Balaban J connectivity index is 2.06. The van der Waals surface area contributed by atoms with E-state index in [1.54, 1.807) is 0 Å². The molecule has 15 heavy (non-hydrogen) atoms. The van der Waals surface area contributed by atoms with Gasteiger partial charge < -0.3 is 10.1 Å². The molecule has 1 heterocycles. The first kappa shape index (κ1) is 12.3. The van der Waals surface area contributed by atoms with Crippen molar-refractivity contribution in [3.63, 3.8) is 0 Å². The smallest absolute Gasteiger partial charge is 0.407 e. The minimum absolute atomic E-state index is 0.373. The van der Waals surface area contributed by atoms with E-state index < -0.39 is 5.60 Å². The number of amides is 1. The van der Waals surface area contributed by atoms with Gasteiger partial charge in [0.25, 0.3) is 0 Å². The molecule has 0 bridgehead atoms. The second-order valence-electron chi connectivity index (χ2n) is 4.54. The van der Waals surface area contributed by atoms with Crippen molar-refractivity contribution in [2.24, 2.45) is 0 Å². The van der Waals surface area contributed by atoms with Crippen LogP contribution in [0.1, 0.15) is 27.2 Å². The molecule has 0 spiro atoms. The largest absolute Gasteiger partial charge is 0.444 e. The Labute approximate surface area is 90.7 Å². The van der Waals surface area contributed by atoms with Crippen LogP contribution in [0, 0.1) is 0 Å². The second-order valence-corrected chi connectivity index (χ2v) is 4.54. The Morgan fingerprint density at radius 2 is 2.27 bits per heavy atom. The number of hydrogen-bond acceptors (Lipinski definition) is 4. The Hall–Kier alpha value is -0.810. The zero-order valence-corrected chi connectivity index (χ0v) is 9.71. The summed E-state index contributed by atoms with van der Waals surface area (Å²) in [5.41, 5.74) is -0.436. The Morgan fingerprint density at radius 3 is 2.80 bits per heavy atom. The van der Waals surface area contributed by atoms with Gasteiger partial charge in [-0.05, 0) is 27.2 Å². The monoisotopic (exact) mass is 216 g/mol. The molecule has 0 aromatic rings. The van der Waals surface area contributed by atoms with Crippen molar-refractivity contribution < 1.29 is 14.4 Å². The first-order chi connectivity index (χ1) is 6.97. The first-order valence-electron chi connectivity index (χ1n) is 5.32. The number of nitrogens with one attached hydrogen (secondary N) is 1. The second kappa shape index (κ2) is 5.32. The van der Waals surface area contributed by atoms with Crippen molar-refractivity contribution in [2.75, 3.05) is 26.2 Å². The van der Waals surface area contributed by atoms with Gasteiger partial charge in [-0.1, -0.05) is 0 Å². The normalized spacial score (nSPS) is 17.8. The van der Waals surface area contributed by atoms with Gasteiger partial charge in [0, 0.05) is 19.6 Å². The summed E-state index contributed by atoms with van der Waals surface area (Å²) in [5.74, 6) is 0. The minimum Gasteiger partial charge on any atom is -0.444 e. The molecule has 0 aromatic heterocycles. The van der Waals surface area contributed by atoms with Crippen LogP contribution in [-0.4, -0.2) is 43.0 Å². The molecule has 1 saturated heterocycles. The summed E-state index contributed by atoms with van der Waals surface area (Å²) in [6, 6.07) is 0. The van der Waals surface area contributed by atoms with E-state index in [1.807, 2.05) is 25.8 Å². The van der Waals surface area contributed by atoms with Gasteiger partial charge in [0.05, 0.1) is 6.61 Å². The van der Waals surface area contributed by atoms with Crippen molar-refractivity contribution in [3.05, 3.63) is 0 Å². The molecule has 1 fully saturated rings. The summed E-state index contributed by atoms with van der Waals surface area (Å²) in [6.45, 7) is 8.51. The predicted molar refractivity (Wildman–Crippen MR) is 56.4 cm³/mol. The zero-order valence-electron chi connectivity index (χ0n) is 9.71. The van der Waals surface area contributed by atoms with E-state index >= 15 is 0 Å². The molecule has 5 heteroatoms. The van der Waals surface area contributed by atoms with Crippen LogP contribution in [0.5, 0.6) is 0 Å². The van der Waals surface area contributed by atoms with Crippen LogP contribution in [-0.2, 0) is 9.57 Å². The average molecular weight is 216 g/mol. The van der Waals surface area contributed by atoms with Crippen LogP contribution in [0.2, 0.25) is 0 Å². The molecular formula is C10H20N2O3. The Kier molecular flexibility index (Phi) is 4.35. The van der Waals surface area contributed by atoms with E-state index in [4.69, 9.17) is 9.57 Å². The summed E-state index contributed by atoms with van der Waals surface area (Å²) in [4.78, 5) is 16.5. The highest BCUT2D eigenvalue weighted by Crippen LogP contribution is 2.06. The summed E-state index contributed by atoms with van der Waals surface area (Å²) in [6.07, 6.45) is 0.689. The summed E-state index contributed by atoms with van der Waals surface area (Å²) in [5, 5.41) is 4.54. The average Bonchev–Trinajstić information content (AvgIpc) is 2.53. The van der Waals surface area contributed by atoms with Crippen LogP contribution < -0.4 is 5.32 Å². The quantitative estimate of drug-likeness (QED) is 0.769. The van der Waals surface area contributed by atoms with Crippen molar-refractivity contribution in [2.45, 2.75) is 32.8 Å². The maximum absolute atomic E-state index is 11.2. The minimum atomic E-state index is -0.436. The van der Waals surface area contributed by atoms with E-state index in [9.17, 15) is 4.79 Å². The van der Waals surface area contributed by atoms with E-state index in [-0.39, 0.29) is 6.09 Å². The van der Waals surface area contributed by atoms with E-state index in [2.05, 4.69) is 5.32 Å². The Morgan fingerprint density at radius 1 is 1.53 bits per heavy atom. The lowest BCUT2D eigenvalue weighted by atomic mass is 10.2. The zero-order chi connectivity index (χ0) is 11.3. The molecule has 0 atom stereocenters. The molecule has 1 aliphatic rings. The number of carbonyl (C=O) groups is 1. The molecule has 5 nitrogen and oxygen atoms in total. The molecule has 88 valence electrons. The molecule has 0 saturated carbocycles. The lowest BCUT2D eigenvalue weighted by Crippen LogP contribution is -2.36. The highest BCUT2D eigenvalue weighted by molar-refractivity contribution is 5.67. The number of hydrogen-bond donors (Lipinski definition) is 1. The fourth-order valence-electron chi connectivity index (χ4n) is 1.27. The molecule has 0 unspecified atom stereocenters. The van der Waals surface area contributed by atoms with Crippen LogP contribution in [0.15, 0.2) is 0 Å². The van der Waals surface area contributed by atoms with Gasteiger partial charge in [-0.15, -0.1) is 0 Å². The predicted octanol–water partition coefficient (Wildman–Crippen LogP) is 1.15. The Bertz CT molecular complexity index is 207. The van der Waals surface area contributed by atoms with Crippen molar-refractivity contribution >= 4 is 6.09 Å². The third-order valence-electron chi connectivity index (χ3n) is 1.86. The van der Waals surface area contributed by atoms with Crippen LogP contribution in [0.4, 0.5) is 4.79 Å². The van der Waals surface area contributed by atoms with Gasteiger partial charge in [-0.25, -0.2) is 4.79 Å². The summed E-state index contributed by atoms with van der Waals surface area (Å²) in [7, 11) is 0. The standard InChI is InChI=1S/C10H20N2O3/c1-10(2,3)15-9(13)11-5-7-12-6-4-8-14-12/h4-8H2,1-3H3,(H,11,13). The lowest BCUT2D eigenvalue weighted by Gasteiger charge is -2.20. The number of alkyl carbamates (subject to hydrolysis) is 1. The molecule has 0 aromatic carbocycles. The number of nitrogens with zero attached hydrogens (tertiary/aromatic N) is 1. The fraction of sp³-hybridized carbons (Fsp3) is 0.900. The van der Waals surface area contributed by atoms with Crippen molar-refractivity contribution in [1.82, 2.24) is 10.4 Å². The SMILES string of the molecule is CC(C)(C)OC(=O)NCCN1CCCO1. The number of ether oxygens (including phenoxy) is 1. The maximum Gasteiger partial charge on any atom is 0.407 e. The lowest BCUT2D eigenvalue weighted by molar-refractivity contribution is -0.108. The summed E-state index contributed by atoms with van der Waals surface area (Å²) < 4.78 is 5.09. The van der Waals surface area contributed by atoms with Crippen LogP contribution in [0.25, 0.3) is 0 Å². The molecule has 0 radical (unpaired) electrons. The highest BCUT2D eigenvalue weighted by Gasteiger charge is 2.16. The van der Waals surface area contributed by atoms with E-state index in [0.717, 1.165) is 19.6 Å². The fourth-order valence-corrected chi connectivity index (χ4v) is 1.27. The third-order valence-corrected chi connectivity index (χ3v) is 1.86. The topological polar surface area (TPSA) is 50.8 Å². The molecule has 1 aliphatic heterocycles. The number of hydroxylamine groups is 2. The molecule has 1 N–H and O–H groups in total. The molecule has 1 amide bonds. The molecule has 1 rings (SSSR count). The maximum atomic E-state index is 11.2. The highest BCUT2D eigenvalue weighted by atomic mass is 16.7. The molecule has 0 aliphatic carbocycles. The summed E-state index contributed by atoms with van der Waals surface area (Å²) >= 11 is 0. The van der Waals surface area contributed by atoms with Gasteiger partial charge in [0.2, 0.25) is 0 Å². The van der Waals surface area contributed by atoms with Gasteiger partial charge in [0.1, 0.15) is 5.60 Å². The first-order valence-corrected chi connectivity index (χ1v) is 5.32. The van der Waals surface area contributed by atoms with E-state index in [1.165, 1.54) is 0 Å². The number of carbonyl (C=O) groups excluding carboxylic acids is 1. The molecular weight excluding hydrogens is 196 g/mol. The van der Waals surface area contributed by atoms with Gasteiger partial charge >= 0.3 is 6.09 Å². The van der Waals surface area contributed by atoms with E-state index in [0.29, 0.717) is 13.1 Å². The van der Waals surface area contributed by atoms with Crippen molar-refractivity contribution in [3.8, 4) is 0 Å². The number of rotatable bonds is 3. The van der Waals surface area contributed by atoms with Gasteiger partial charge in [-0.2, -0.15) is 5.06 Å². The van der Waals surface area contributed by atoms with Crippen LogP contribution in [0.3, 0.4) is 0 Å². The van der Waals surface area contributed by atoms with Gasteiger partial charge in [0.15, 0.2) is 0 Å². The van der Waals surface area contributed by atoms with Crippen LogP contribution >= 0.6 is 0 Å². The van der Waals surface area contributed by atoms with Crippen molar-refractivity contribution in [1.29, 1.82) is 0 Å². The van der Waals surface area contributed by atoms with Gasteiger partial charge in [-0.3, -0.25) is 4.84 Å².